The molecule has 6 rings (SSSR count). The number of ether oxygens (including phenoxy) is 1. The van der Waals surface area contributed by atoms with Crippen molar-refractivity contribution in [1.29, 1.82) is 0 Å². The number of piperazine rings is 1. The summed E-state index contributed by atoms with van der Waals surface area (Å²) in [6.07, 6.45) is 1.64. The molecular weight excluding hydrogens is 592 g/mol. The number of hydrogen-bond acceptors (Lipinski definition) is 9. The topological polar surface area (TPSA) is 128 Å². The number of aliphatic carboxylic acids is 1. The van der Waals surface area contributed by atoms with E-state index >= 15 is 0 Å². The van der Waals surface area contributed by atoms with Crippen molar-refractivity contribution in [1.82, 2.24) is 20.1 Å². The number of urea groups is 1. The van der Waals surface area contributed by atoms with Crippen LogP contribution < -0.4 is 10.2 Å². The first-order chi connectivity index (χ1) is 20.8. The summed E-state index contributed by atoms with van der Waals surface area (Å²) in [6.45, 7) is 2.63. The van der Waals surface area contributed by atoms with E-state index in [1.165, 1.54) is 18.4 Å². The summed E-state index contributed by atoms with van der Waals surface area (Å²) in [5, 5.41) is 15.5. The number of fused-ring (bicyclic) bond motifs is 1. The molecule has 0 bridgehead atoms. The summed E-state index contributed by atoms with van der Waals surface area (Å²) >= 11 is 8.04. The number of benzene rings is 2. The Labute approximate surface area is 257 Å². The Bertz CT molecular complexity index is 1610. The summed E-state index contributed by atoms with van der Waals surface area (Å²) in [6, 6.07) is 13.6. The molecule has 3 aromatic rings. The highest BCUT2D eigenvalue weighted by Crippen LogP contribution is 2.37. The molecule has 2 atom stereocenters. The van der Waals surface area contributed by atoms with Gasteiger partial charge in [-0.1, -0.05) is 41.9 Å². The van der Waals surface area contributed by atoms with E-state index in [9.17, 15) is 14.4 Å². The van der Waals surface area contributed by atoms with Gasteiger partial charge in [0, 0.05) is 66.3 Å². The van der Waals surface area contributed by atoms with Crippen LogP contribution in [0.1, 0.15) is 22.2 Å². The number of nitrogens with zero attached hydrogens (tertiary/aromatic N) is 5. The molecule has 2 fully saturated rings. The van der Waals surface area contributed by atoms with Crippen LogP contribution in [0, 0.1) is 0 Å². The first-order valence-corrected chi connectivity index (χ1v) is 15.0. The second kappa shape index (κ2) is 12.2. The molecule has 3 aliphatic rings. The first-order valence-electron chi connectivity index (χ1n) is 13.7. The van der Waals surface area contributed by atoms with Gasteiger partial charge < -0.3 is 20.1 Å². The van der Waals surface area contributed by atoms with Crippen molar-refractivity contribution >= 4 is 52.4 Å². The van der Waals surface area contributed by atoms with Crippen LogP contribution in [0.25, 0.3) is 0 Å². The molecule has 13 heteroatoms. The maximum Gasteiger partial charge on any atom is 0.338 e. The smallest absolute Gasteiger partial charge is 0.338 e. The van der Waals surface area contributed by atoms with Gasteiger partial charge in [-0.05, 0) is 23.8 Å². The standard InChI is InChI=1S/C30H29ClN6O5S/c1-42-29(40)25-23(33-27(28-32-10-13-43-28)34-26(25)21-4-2-3-5-22(21)31)17-35-11-12-36-20(15-35)16-37(30(36)41)19-8-6-18(7-9-19)14-24(38)39/h2-10,13,20,26H,11-12,14-17H2,1H3,(H,33,34)(H,38,39)/t20-,26-/m0/s1. The third-order valence-corrected chi connectivity index (χ3v) is 8.91. The maximum absolute atomic E-state index is 13.3. The molecule has 0 unspecified atom stereocenters. The average Bonchev–Trinajstić information content (AvgIpc) is 3.65. The number of carboxylic acid groups (broad SMARTS) is 1. The number of methoxy groups -OCH3 is 1. The number of carboxylic acids is 1. The van der Waals surface area contributed by atoms with E-state index in [0.29, 0.717) is 71.0 Å². The molecule has 2 N–H and O–H groups in total. The van der Waals surface area contributed by atoms with Crippen LogP contribution in [-0.2, 0) is 20.7 Å². The second-order valence-corrected chi connectivity index (χ2v) is 11.8. The summed E-state index contributed by atoms with van der Waals surface area (Å²) in [4.78, 5) is 52.7. The van der Waals surface area contributed by atoms with Crippen molar-refractivity contribution in [3.05, 3.63) is 92.5 Å². The van der Waals surface area contributed by atoms with Crippen molar-refractivity contribution in [2.75, 3.05) is 44.7 Å². The number of hydrogen-bond donors (Lipinski definition) is 2. The SMILES string of the molecule is COC(=O)C1=C(CN2CCN3C(=O)N(c4ccc(CC(=O)O)cc4)C[C@@H]3C2)NC(c2nccs2)=N[C@H]1c1ccccc1Cl. The van der Waals surface area contributed by atoms with Gasteiger partial charge in [-0.25, -0.2) is 14.6 Å². The number of carbonyl (C=O) groups excluding carboxylic acids is 2. The van der Waals surface area contributed by atoms with E-state index in [2.05, 4.69) is 15.2 Å². The molecule has 4 heterocycles. The minimum absolute atomic E-state index is 0.0582. The number of amides is 2. The molecule has 3 aliphatic heterocycles. The molecule has 0 saturated carbocycles. The number of esters is 1. The largest absolute Gasteiger partial charge is 0.481 e. The zero-order valence-corrected chi connectivity index (χ0v) is 24.8. The van der Waals surface area contributed by atoms with Gasteiger partial charge in [0.1, 0.15) is 6.04 Å². The van der Waals surface area contributed by atoms with Gasteiger partial charge in [0.05, 0.1) is 25.1 Å². The van der Waals surface area contributed by atoms with Gasteiger partial charge in [0.15, 0.2) is 10.8 Å². The number of carbonyl (C=O) groups is 3. The number of amidine groups is 1. The normalized spacial score (nSPS) is 20.5. The molecule has 2 saturated heterocycles. The lowest BCUT2D eigenvalue weighted by atomic mass is 9.95. The predicted molar refractivity (Wildman–Crippen MR) is 162 cm³/mol. The molecule has 0 aliphatic carbocycles. The Hall–Kier alpha value is -4.26. The number of halogens is 1. The number of rotatable bonds is 8. The number of nitrogens with one attached hydrogen (secondary N) is 1. The van der Waals surface area contributed by atoms with E-state index in [4.69, 9.17) is 26.4 Å². The quantitative estimate of drug-likeness (QED) is 0.366. The summed E-state index contributed by atoms with van der Waals surface area (Å²) < 4.78 is 5.23. The Balaban J connectivity index is 1.25. The van der Waals surface area contributed by atoms with Gasteiger partial charge in [-0.3, -0.25) is 19.6 Å². The van der Waals surface area contributed by atoms with Crippen LogP contribution >= 0.6 is 22.9 Å². The number of aliphatic imine (C=N–C) groups is 1. The van der Waals surface area contributed by atoms with Gasteiger partial charge >= 0.3 is 18.0 Å². The second-order valence-electron chi connectivity index (χ2n) is 10.5. The van der Waals surface area contributed by atoms with Crippen molar-refractivity contribution < 1.29 is 24.2 Å². The Morgan fingerprint density at radius 3 is 2.63 bits per heavy atom. The Morgan fingerprint density at radius 2 is 1.93 bits per heavy atom. The molecule has 11 nitrogen and oxygen atoms in total. The molecule has 43 heavy (non-hydrogen) atoms. The predicted octanol–water partition coefficient (Wildman–Crippen LogP) is 3.57. The molecule has 2 aromatic carbocycles. The van der Waals surface area contributed by atoms with Gasteiger partial charge in [0.25, 0.3) is 0 Å². The molecule has 0 radical (unpaired) electrons. The van der Waals surface area contributed by atoms with Crippen LogP contribution in [0.5, 0.6) is 0 Å². The van der Waals surface area contributed by atoms with Crippen molar-refractivity contribution in [3.8, 4) is 0 Å². The zero-order valence-electron chi connectivity index (χ0n) is 23.3. The molecule has 1 aromatic heterocycles. The van der Waals surface area contributed by atoms with E-state index in [1.807, 2.05) is 28.5 Å². The van der Waals surface area contributed by atoms with Gasteiger partial charge in [0.2, 0.25) is 0 Å². The molecule has 0 spiro atoms. The highest BCUT2D eigenvalue weighted by Gasteiger charge is 2.42. The minimum Gasteiger partial charge on any atom is -0.481 e. The van der Waals surface area contributed by atoms with Crippen LogP contribution in [0.2, 0.25) is 5.02 Å². The Kier molecular flexibility index (Phi) is 8.15. The fourth-order valence-electron chi connectivity index (χ4n) is 5.76. The third kappa shape index (κ3) is 5.85. The van der Waals surface area contributed by atoms with Crippen molar-refractivity contribution in [2.45, 2.75) is 18.5 Å². The zero-order chi connectivity index (χ0) is 30.1. The summed E-state index contributed by atoms with van der Waals surface area (Å²) in [7, 11) is 1.35. The van der Waals surface area contributed by atoms with Crippen LogP contribution in [0.4, 0.5) is 10.5 Å². The lowest BCUT2D eigenvalue weighted by Gasteiger charge is -2.38. The lowest BCUT2D eigenvalue weighted by Crippen LogP contribution is -2.53. The number of aromatic nitrogens is 1. The van der Waals surface area contributed by atoms with Gasteiger partial charge in [-0.2, -0.15) is 0 Å². The molecule has 222 valence electrons. The van der Waals surface area contributed by atoms with Gasteiger partial charge in [-0.15, -0.1) is 11.3 Å². The molecular formula is C30H29ClN6O5S. The summed E-state index contributed by atoms with van der Waals surface area (Å²) in [5.41, 5.74) is 3.13. The first kappa shape index (κ1) is 28.8. The van der Waals surface area contributed by atoms with Crippen molar-refractivity contribution in [2.24, 2.45) is 4.99 Å². The fourth-order valence-corrected chi connectivity index (χ4v) is 6.59. The number of anilines is 1. The monoisotopic (exact) mass is 620 g/mol. The van der Waals surface area contributed by atoms with Crippen LogP contribution in [0.3, 0.4) is 0 Å². The van der Waals surface area contributed by atoms with E-state index < -0.39 is 18.0 Å². The van der Waals surface area contributed by atoms with Crippen LogP contribution in [-0.4, -0.2) is 89.6 Å². The highest BCUT2D eigenvalue weighted by atomic mass is 35.5. The van der Waals surface area contributed by atoms with E-state index in [0.717, 1.165) is 5.69 Å². The van der Waals surface area contributed by atoms with E-state index in [-0.39, 0.29) is 18.5 Å². The minimum atomic E-state index is -0.900. The summed E-state index contributed by atoms with van der Waals surface area (Å²) in [5.74, 6) is -0.847. The molecule has 2 amide bonds. The number of thiazole rings is 1. The Morgan fingerprint density at radius 1 is 1.14 bits per heavy atom. The van der Waals surface area contributed by atoms with Crippen molar-refractivity contribution in [3.63, 3.8) is 0 Å². The average molecular weight is 621 g/mol. The fraction of sp³-hybridized carbons (Fsp3) is 0.300. The van der Waals surface area contributed by atoms with E-state index in [1.54, 1.807) is 41.4 Å². The lowest BCUT2D eigenvalue weighted by molar-refractivity contribution is -0.137. The van der Waals surface area contributed by atoms with Crippen LogP contribution in [0.15, 0.2) is 76.4 Å². The third-order valence-electron chi connectivity index (χ3n) is 7.79. The maximum atomic E-state index is 13.3. The highest BCUT2D eigenvalue weighted by molar-refractivity contribution is 7.11.